The van der Waals surface area contributed by atoms with Gasteiger partial charge in [-0.05, 0) is 24.5 Å². The Hall–Kier alpha value is -1.32. The first kappa shape index (κ1) is 14.1. The Balaban J connectivity index is 1.92. The van der Waals surface area contributed by atoms with Crippen LogP contribution in [0.1, 0.15) is 31.4 Å². The molecule has 104 valence electrons. The topological polar surface area (TPSA) is 41.5 Å². The van der Waals surface area contributed by atoms with Crippen molar-refractivity contribution in [2.45, 2.75) is 38.8 Å². The Morgan fingerprint density at radius 3 is 3.00 bits per heavy atom. The van der Waals surface area contributed by atoms with Crippen LogP contribution >= 0.6 is 0 Å². The molecule has 1 aliphatic rings. The average molecular weight is 261 g/mol. The van der Waals surface area contributed by atoms with E-state index in [-0.39, 0.29) is 0 Å². The number of fused-ring (bicyclic) bond motifs is 1. The van der Waals surface area contributed by atoms with Gasteiger partial charge in [0, 0.05) is 18.2 Å². The molecule has 0 spiro atoms. The molecule has 1 atom stereocenters. The lowest BCUT2D eigenvalue weighted by Crippen LogP contribution is -2.35. The molecule has 0 radical (unpaired) electrons. The number of hydrogen-bond donors (Lipinski definition) is 2. The molecule has 0 unspecified atom stereocenters. The summed E-state index contributed by atoms with van der Waals surface area (Å²) in [4.78, 5) is 0. The Morgan fingerprint density at radius 2 is 2.21 bits per heavy atom. The van der Waals surface area contributed by atoms with Gasteiger partial charge in [-0.25, -0.2) is 0 Å². The molecule has 0 saturated heterocycles. The zero-order valence-electron chi connectivity index (χ0n) is 11.7. The molecule has 3 nitrogen and oxygen atoms in total. The number of hydrogen-bond acceptors (Lipinski definition) is 3. The molecule has 0 fully saturated rings. The van der Waals surface area contributed by atoms with Gasteiger partial charge in [-0.1, -0.05) is 38.1 Å². The molecule has 2 N–H and O–H groups in total. The van der Waals surface area contributed by atoms with Gasteiger partial charge >= 0.3 is 0 Å². The molecule has 1 aromatic rings. The Labute approximate surface area is 115 Å². The van der Waals surface area contributed by atoms with E-state index >= 15 is 0 Å². The highest BCUT2D eigenvalue weighted by molar-refractivity contribution is 5.63. The van der Waals surface area contributed by atoms with Crippen LogP contribution in [0.2, 0.25) is 0 Å². The van der Waals surface area contributed by atoms with Crippen LogP contribution in [0, 0.1) is 0 Å². The maximum atomic E-state index is 9.86. The van der Waals surface area contributed by atoms with Crippen molar-refractivity contribution in [3.05, 3.63) is 35.4 Å². The molecule has 2 rings (SSSR count). The van der Waals surface area contributed by atoms with E-state index in [1.54, 1.807) is 0 Å². The summed E-state index contributed by atoms with van der Waals surface area (Å²) in [7, 11) is 0. The third-order valence-electron chi connectivity index (χ3n) is 3.21. The van der Waals surface area contributed by atoms with Crippen molar-refractivity contribution in [1.82, 2.24) is 5.32 Å². The lowest BCUT2D eigenvalue weighted by atomic mass is 9.97. The SMILES string of the molecule is CC(C)NC[C@@H](O)COc1cccc2c1C=CCC2. The number of rotatable bonds is 6. The van der Waals surface area contributed by atoms with E-state index in [1.807, 2.05) is 12.1 Å². The zero-order valence-corrected chi connectivity index (χ0v) is 11.7. The van der Waals surface area contributed by atoms with Gasteiger partial charge in [0.15, 0.2) is 0 Å². The smallest absolute Gasteiger partial charge is 0.126 e. The fourth-order valence-corrected chi connectivity index (χ4v) is 2.18. The number of aliphatic hydroxyl groups excluding tert-OH is 1. The fraction of sp³-hybridized carbons (Fsp3) is 0.500. The third-order valence-corrected chi connectivity index (χ3v) is 3.21. The number of benzene rings is 1. The number of nitrogens with one attached hydrogen (secondary N) is 1. The van der Waals surface area contributed by atoms with Crippen molar-refractivity contribution in [2.24, 2.45) is 0 Å². The summed E-state index contributed by atoms with van der Waals surface area (Å²) >= 11 is 0. The third kappa shape index (κ3) is 4.08. The quantitative estimate of drug-likeness (QED) is 0.826. The first-order valence-corrected chi connectivity index (χ1v) is 6.99. The van der Waals surface area contributed by atoms with Gasteiger partial charge in [0.05, 0.1) is 0 Å². The lowest BCUT2D eigenvalue weighted by molar-refractivity contribution is 0.104. The van der Waals surface area contributed by atoms with Crippen LogP contribution in [0.5, 0.6) is 5.75 Å². The largest absolute Gasteiger partial charge is 0.490 e. The van der Waals surface area contributed by atoms with Crippen molar-refractivity contribution in [3.8, 4) is 5.75 Å². The van der Waals surface area contributed by atoms with E-state index in [9.17, 15) is 5.11 Å². The number of aryl methyl sites for hydroxylation is 1. The van der Waals surface area contributed by atoms with E-state index in [0.717, 1.165) is 24.2 Å². The second-order valence-corrected chi connectivity index (χ2v) is 5.30. The summed E-state index contributed by atoms with van der Waals surface area (Å²) in [5, 5.41) is 13.1. The van der Waals surface area contributed by atoms with Crippen molar-refractivity contribution < 1.29 is 9.84 Å². The van der Waals surface area contributed by atoms with Gasteiger partial charge in [0.2, 0.25) is 0 Å². The van der Waals surface area contributed by atoms with Gasteiger partial charge in [-0.3, -0.25) is 0 Å². The van der Waals surface area contributed by atoms with Crippen molar-refractivity contribution in [2.75, 3.05) is 13.2 Å². The highest BCUT2D eigenvalue weighted by Crippen LogP contribution is 2.28. The molecular weight excluding hydrogens is 238 g/mol. The number of ether oxygens (including phenoxy) is 1. The minimum absolute atomic E-state index is 0.323. The number of allylic oxidation sites excluding steroid dienone is 1. The maximum Gasteiger partial charge on any atom is 0.126 e. The lowest BCUT2D eigenvalue weighted by Gasteiger charge is -2.18. The van der Waals surface area contributed by atoms with Crippen molar-refractivity contribution in [3.63, 3.8) is 0 Å². The van der Waals surface area contributed by atoms with Crippen LogP contribution in [0.25, 0.3) is 6.08 Å². The zero-order chi connectivity index (χ0) is 13.7. The summed E-state index contributed by atoms with van der Waals surface area (Å²) in [6, 6.07) is 6.51. The first-order valence-electron chi connectivity index (χ1n) is 6.99. The normalized spacial score (nSPS) is 15.4. The molecule has 0 bridgehead atoms. The van der Waals surface area contributed by atoms with Crippen LogP contribution in [0.3, 0.4) is 0 Å². The fourth-order valence-electron chi connectivity index (χ4n) is 2.18. The number of aliphatic hydroxyl groups is 1. The van der Waals surface area contributed by atoms with Crippen LogP contribution < -0.4 is 10.1 Å². The maximum absolute atomic E-state index is 9.86. The van der Waals surface area contributed by atoms with E-state index in [1.165, 1.54) is 5.56 Å². The second kappa shape index (κ2) is 6.73. The summed E-state index contributed by atoms with van der Waals surface area (Å²) in [6.07, 6.45) is 5.97. The first-order chi connectivity index (χ1) is 9.16. The minimum Gasteiger partial charge on any atom is -0.490 e. The van der Waals surface area contributed by atoms with Gasteiger partial charge in [-0.2, -0.15) is 0 Å². The van der Waals surface area contributed by atoms with Crippen molar-refractivity contribution in [1.29, 1.82) is 0 Å². The molecule has 1 aliphatic carbocycles. The monoisotopic (exact) mass is 261 g/mol. The predicted octanol–water partition coefficient (Wildman–Crippen LogP) is 2.38. The summed E-state index contributed by atoms with van der Waals surface area (Å²) in [5.74, 6) is 0.872. The predicted molar refractivity (Wildman–Crippen MR) is 78.4 cm³/mol. The standard InChI is InChI=1S/C16H23NO2/c1-12(2)17-10-14(18)11-19-16-9-5-7-13-6-3-4-8-15(13)16/h4-5,7-9,12,14,17-18H,3,6,10-11H2,1-2H3/t14-/m1/s1. The molecule has 3 heteroatoms. The summed E-state index contributed by atoms with van der Waals surface area (Å²) < 4.78 is 5.76. The molecule has 0 heterocycles. The summed E-state index contributed by atoms with van der Waals surface area (Å²) in [6.45, 7) is 5.00. The molecule has 0 aromatic heterocycles. The van der Waals surface area contributed by atoms with Gasteiger partial charge in [0.25, 0.3) is 0 Å². The van der Waals surface area contributed by atoms with Crippen LogP contribution in [0.15, 0.2) is 24.3 Å². The Kier molecular flexibility index (Phi) is 5.00. The molecule has 0 saturated carbocycles. The average Bonchev–Trinajstić information content (AvgIpc) is 2.42. The Morgan fingerprint density at radius 1 is 1.37 bits per heavy atom. The Bertz CT molecular complexity index is 440. The highest BCUT2D eigenvalue weighted by atomic mass is 16.5. The van der Waals surface area contributed by atoms with Gasteiger partial charge in [0.1, 0.15) is 18.5 Å². The van der Waals surface area contributed by atoms with Crippen LogP contribution in [0.4, 0.5) is 0 Å². The van der Waals surface area contributed by atoms with E-state index in [0.29, 0.717) is 19.2 Å². The molecule has 1 aromatic carbocycles. The van der Waals surface area contributed by atoms with Gasteiger partial charge in [-0.15, -0.1) is 0 Å². The summed E-state index contributed by atoms with van der Waals surface area (Å²) in [5.41, 5.74) is 2.49. The molecule has 0 amide bonds. The van der Waals surface area contributed by atoms with E-state index in [2.05, 4.69) is 37.4 Å². The molecule has 19 heavy (non-hydrogen) atoms. The van der Waals surface area contributed by atoms with Crippen LogP contribution in [-0.4, -0.2) is 30.4 Å². The van der Waals surface area contributed by atoms with E-state index < -0.39 is 6.10 Å². The van der Waals surface area contributed by atoms with Gasteiger partial charge < -0.3 is 15.2 Å². The van der Waals surface area contributed by atoms with E-state index in [4.69, 9.17) is 4.74 Å². The minimum atomic E-state index is -0.481. The highest BCUT2D eigenvalue weighted by Gasteiger charge is 2.11. The molecule has 0 aliphatic heterocycles. The van der Waals surface area contributed by atoms with Crippen LogP contribution in [-0.2, 0) is 6.42 Å². The molecular formula is C16H23NO2. The van der Waals surface area contributed by atoms with Crippen molar-refractivity contribution >= 4 is 6.08 Å². The second-order valence-electron chi connectivity index (χ2n) is 5.30.